The zero-order valence-corrected chi connectivity index (χ0v) is 13.2. The molecule has 0 saturated carbocycles. The first-order valence-corrected chi connectivity index (χ1v) is 7.63. The molecule has 3 aromatic rings. The Kier molecular flexibility index (Phi) is 3.15. The molecule has 0 aliphatic carbocycles. The van der Waals surface area contributed by atoms with Crippen molar-refractivity contribution in [3.8, 4) is 5.69 Å². The number of aryl methyl sites for hydroxylation is 2. The number of fused-ring (bicyclic) bond motifs is 1. The quantitative estimate of drug-likeness (QED) is 0.526. The van der Waals surface area contributed by atoms with E-state index in [4.69, 9.17) is 4.99 Å². The van der Waals surface area contributed by atoms with Crippen molar-refractivity contribution in [3.05, 3.63) is 78.7 Å². The number of nitrogens with zero attached hydrogens (tertiary/aromatic N) is 4. The van der Waals surface area contributed by atoms with Gasteiger partial charge in [0, 0.05) is 11.4 Å². The van der Waals surface area contributed by atoms with Crippen LogP contribution in [0.25, 0.3) is 5.69 Å². The Morgan fingerprint density at radius 1 is 1.00 bits per heavy atom. The number of rotatable bonds is 2. The van der Waals surface area contributed by atoms with Crippen LogP contribution in [0.4, 0.5) is 11.5 Å². The van der Waals surface area contributed by atoms with Gasteiger partial charge in [0.25, 0.3) is 0 Å². The molecule has 4 heteroatoms. The summed E-state index contributed by atoms with van der Waals surface area (Å²) in [6, 6.07) is 18.6. The van der Waals surface area contributed by atoms with Crippen molar-refractivity contribution in [3.63, 3.8) is 0 Å². The molecule has 0 amide bonds. The summed E-state index contributed by atoms with van der Waals surface area (Å²) in [5.41, 5.74) is 4.57. The molecule has 114 valence electrons. The van der Waals surface area contributed by atoms with Gasteiger partial charge in [-0.25, -0.2) is 0 Å². The minimum atomic E-state index is 0.948. The number of para-hydroxylation sites is 2. The molecule has 2 aromatic carbocycles. The summed E-state index contributed by atoms with van der Waals surface area (Å²) >= 11 is 0. The van der Waals surface area contributed by atoms with Gasteiger partial charge in [-0.05, 0) is 30.7 Å². The Morgan fingerprint density at radius 2 is 1.74 bits per heavy atom. The van der Waals surface area contributed by atoms with E-state index in [0.717, 1.165) is 22.9 Å². The molecule has 2 heterocycles. The number of aromatic nitrogens is 2. The summed E-state index contributed by atoms with van der Waals surface area (Å²) < 4.78 is 4.21. The highest BCUT2D eigenvalue weighted by atomic mass is 15.3. The number of benzene rings is 2. The molecular formula is C19H18N4. The van der Waals surface area contributed by atoms with Crippen LogP contribution in [0.3, 0.4) is 0 Å². The SMILES string of the molecule is Cc1ccccc1N1C=Nc2c(n(C)c[n+]2-c2ccccc2)[CH-]1. The van der Waals surface area contributed by atoms with Gasteiger partial charge in [0.15, 0.2) is 12.1 Å². The molecule has 0 unspecified atom stereocenters. The standard InChI is InChI=1S/C19H18N4/c1-15-8-6-7-11-17(15)22-12-18-19(20-13-22)23(14-21(18)2)16-9-4-3-5-10-16/h3-14H,1-2H3. The topological polar surface area (TPSA) is 24.4 Å². The lowest BCUT2D eigenvalue weighted by molar-refractivity contribution is -0.581. The average Bonchev–Trinajstić information content (AvgIpc) is 2.93. The minimum Gasteiger partial charge on any atom is -0.373 e. The Hall–Kier alpha value is -3.01. The molecule has 0 spiro atoms. The van der Waals surface area contributed by atoms with E-state index < -0.39 is 0 Å². The first-order chi connectivity index (χ1) is 11.2. The van der Waals surface area contributed by atoms with Crippen LogP contribution >= 0.6 is 0 Å². The van der Waals surface area contributed by atoms with Crippen molar-refractivity contribution < 1.29 is 4.57 Å². The average molecular weight is 302 g/mol. The van der Waals surface area contributed by atoms with Gasteiger partial charge in [-0.15, -0.1) is 0 Å². The van der Waals surface area contributed by atoms with Crippen LogP contribution in [0.2, 0.25) is 0 Å². The molecule has 23 heavy (non-hydrogen) atoms. The second-order valence-electron chi connectivity index (χ2n) is 5.71. The van der Waals surface area contributed by atoms with Crippen LogP contribution in [0, 0.1) is 13.5 Å². The summed E-state index contributed by atoms with van der Waals surface area (Å²) in [6.45, 7) is 4.24. The van der Waals surface area contributed by atoms with Gasteiger partial charge in [0.2, 0.25) is 0 Å². The molecule has 0 fully saturated rings. The maximum Gasteiger partial charge on any atom is 0.176 e. The molecule has 1 aliphatic heterocycles. The van der Waals surface area contributed by atoms with Crippen LogP contribution in [0.5, 0.6) is 0 Å². The van der Waals surface area contributed by atoms with Gasteiger partial charge in [-0.1, -0.05) is 42.9 Å². The third-order valence-corrected chi connectivity index (χ3v) is 4.12. The first-order valence-electron chi connectivity index (χ1n) is 7.63. The fourth-order valence-corrected chi connectivity index (χ4v) is 2.89. The normalized spacial score (nSPS) is 12.9. The van der Waals surface area contributed by atoms with Crippen molar-refractivity contribution in [1.29, 1.82) is 0 Å². The third kappa shape index (κ3) is 2.28. The summed E-state index contributed by atoms with van der Waals surface area (Å²) in [4.78, 5) is 6.78. The fourth-order valence-electron chi connectivity index (χ4n) is 2.89. The fraction of sp³-hybridized carbons (Fsp3) is 0.105. The molecule has 0 radical (unpaired) electrons. The van der Waals surface area contributed by atoms with Crippen molar-refractivity contribution in [1.82, 2.24) is 4.57 Å². The van der Waals surface area contributed by atoms with Crippen LogP contribution < -0.4 is 9.47 Å². The van der Waals surface area contributed by atoms with Gasteiger partial charge >= 0.3 is 0 Å². The molecule has 1 aliphatic rings. The Labute approximate surface area is 136 Å². The van der Waals surface area contributed by atoms with Gasteiger partial charge < -0.3 is 4.90 Å². The van der Waals surface area contributed by atoms with Crippen LogP contribution in [0.1, 0.15) is 11.3 Å². The number of hydrogen-bond donors (Lipinski definition) is 0. The van der Waals surface area contributed by atoms with Crippen molar-refractivity contribution in [2.24, 2.45) is 12.0 Å². The van der Waals surface area contributed by atoms with E-state index >= 15 is 0 Å². The van der Waals surface area contributed by atoms with E-state index in [1.165, 1.54) is 5.56 Å². The Balaban J connectivity index is 1.76. The molecule has 0 N–H and O–H groups in total. The number of aliphatic imine (C=N–C) groups is 1. The Bertz CT molecular complexity index is 878. The predicted molar refractivity (Wildman–Crippen MR) is 92.2 cm³/mol. The van der Waals surface area contributed by atoms with Crippen molar-refractivity contribution >= 4 is 17.8 Å². The second kappa shape index (κ2) is 5.32. The summed E-state index contributed by atoms with van der Waals surface area (Å²) in [6.07, 6.45) is 3.94. The summed E-state index contributed by atoms with van der Waals surface area (Å²) in [7, 11) is 2.05. The van der Waals surface area contributed by atoms with E-state index in [1.807, 2.05) is 31.6 Å². The molecule has 4 rings (SSSR count). The minimum absolute atomic E-state index is 0.948. The van der Waals surface area contributed by atoms with Gasteiger partial charge in [0.05, 0.1) is 12.7 Å². The van der Waals surface area contributed by atoms with Crippen LogP contribution in [0.15, 0.2) is 65.9 Å². The zero-order chi connectivity index (χ0) is 15.8. The number of hydrogen-bond acceptors (Lipinski definition) is 2. The molecule has 0 saturated heterocycles. The molecule has 0 bridgehead atoms. The molecule has 4 nitrogen and oxygen atoms in total. The summed E-state index contributed by atoms with van der Waals surface area (Å²) in [5, 5.41) is 0. The van der Waals surface area contributed by atoms with E-state index in [0.29, 0.717) is 0 Å². The highest BCUT2D eigenvalue weighted by Crippen LogP contribution is 2.28. The number of imidazole rings is 1. The van der Waals surface area contributed by atoms with E-state index in [2.05, 4.69) is 70.2 Å². The van der Waals surface area contributed by atoms with Crippen molar-refractivity contribution in [2.75, 3.05) is 4.90 Å². The predicted octanol–water partition coefficient (Wildman–Crippen LogP) is 3.30. The second-order valence-corrected chi connectivity index (χ2v) is 5.71. The lowest BCUT2D eigenvalue weighted by Gasteiger charge is -2.28. The third-order valence-electron chi connectivity index (χ3n) is 4.12. The highest BCUT2D eigenvalue weighted by Gasteiger charge is 2.19. The monoisotopic (exact) mass is 302 g/mol. The van der Waals surface area contributed by atoms with E-state index in [9.17, 15) is 0 Å². The number of anilines is 1. The van der Waals surface area contributed by atoms with Crippen molar-refractivity contribution in [2.45, 2.75) is 6.92 Å². The molecule has 1 aromatic heterocycles. The lowest BCUT2D eigenvalue weighted by Crippen LogP contribution is -2.30. The smallest absolute Gasteiger partial charge is 0.176 e. The van der Waals surface area contributed by atoms with Gasteiger partial charge in [-0.3, -0.25) is 9.13 Å². The molecular weight excluding hydrogens is 284 g/mol. The zero-order valence-electron chi connectivity index (χ0n) is 13.2. The maximum absolute atomic E-state index is 4.70. The van der Waals surface area contributed by atoms with Crippen LogP contribution in [-0.2, 0) is 7.05 Å². The lowest BCUT2D eigenvalue weighted by atomic mass is 10.2. The largest absolute Gasteiger partial charge is 0.373 e. The first kappa shape index (κ1) is 13.6. The van der Waals surface area contributed by atoms with Crippen LogP contribution in [-0.4, -0.2) is 10.9 Å². The van der Waals surface area contributed by atoms with Gasteiger partial charge in [-0.2, -0.15) is 4.99 Å². The van der Waals surface area contributed by atoms with E-state index in [1.54, 1.807) is 0 Å². The van der Waals surface area contributed by atoms with Gasteiger partial charge in [0.1, 0.15) is 6.34 Å². The maximum atomic E-state index is 4.70. The summed E-state index contributed by atoms with van der Waals surface area (Å²) in [5.74, 6) is 0.948. The Morgan fingerprint density at radius 3 is 2.52 bits per heavy atom. The molecule has 0 atom stereocenters. The highest BCUT2D eigenvalue weighted by molar-refractivity contribution is 5.87. The van der Waals surface area contributed by atoms with E-state index in [-0.39, 0.29) is 0 Å².